The molecule has 0 aromatic heterocycles. The minimum absolute atomic E-state index is 0.00684. The highest BCUT2D eigenvalue weighted by molar-refractivity contribution is 7.92. The number of nitrogens with one attached hydrogen (secondary N) is 1. The molecule has 1 amide bonds. The first-order valence-electron chi connectivity index (χ1n) is 8.19. The van der Waals surface area contributed by atoms with E-state index >= 15 is 0 Å². The Kier molecular flexibility index (Phi) is 6.17. The molecule has 1 N–H and O–H groups in total. The fourth-order valence-electron chi connectivity index (χ4n) is 2.74. The quantitative estimate of drug-likeness (QED) is 0.531. The second kappa shape index (κ2) is 8.22. The average molecular weight is 422 g/mol. The van der Waals surface area contributed by atoms with E-state index in [2.05, 4.69) is 5.32 Å². The molecule has 2 aromatic carbocycles. The van der Waals surface area contributed by atoms with E-state index in [1.807, 2.05) is 0 Å². The van der Waals surface area contributed by atoms with Crippen LogP contribution in [0.4, 0.5) is 22.7 Å². The fourth-order valence-corrected chi connectivity index (χ4v) is 3.64. The average Bonchev–Trinajstić information content (AvgIpc) is 2.60. The van der Waals surface area contributed by atoms with Crippen LogP contribution in [0.2, 0.25) is 0 Å². The minimum atomic E-state index is -3.96. The monoisotopic (exact) mass is 422 g/mol. The Hall–Kier alpha value is -3.54. The normalized spacial score (nSPS) is 11.0. The first-order chi connectivity index (χ1) is 13.4. The van der Waals surface area contributed by atoms with Crippen LogP contribution in [0.15, 0.2) is 36.4 Å². The molecule has 0 radical (unpaired) electrons. The van der Waals surface area contributed by atoms with Crippen LogP contribution in [0.5, 0.6) is 0 Å². The molecule has 2 aromatic rings. The maximum Gasteiger partial charge on any atom is 0.274 e. The van der Waals surface area contributed by atoms with E-state index in [4.69, 9.17) is 0 Å². The molecule has 0 atom stereocenters. The third-order valence-corrected chi connectivity index (χ3v) is 5.33. The van der Waals surface area contributed by atoms with Gasteiger partial charge in [0, 0.05) is 12.1 Å². The van der Waals surface area contributed by atoms with Gasteiger partial charge in [0.05, 0.1) is 38.6 Å². The Bertz CT molecular complexity index is 1100. The van der Waals surface area contributed by atoms with Crippen LogP contribution in [0.1, 0.15) is 11.1 Å². The minimum Gasteiger partial charge on any atom is -0.324 e. The smallest absolute Gasteiger partial charge is 0.274 e. The van der Waals surface area contributed by atoms with Crippen molar-refractivity contribution < 1.29 is 23.1 Å². The summed E-state index contributed by atoms with van der Waals surface area (Å²) in [5.41, 5.74) is -0.0325. The van der Waals surface area contributed by atoms with Crippen molar-refractivity contribution in [3.05, 3.63) is 67.8 Å². The van der Waals surface area contributed by atoms with E-state index in [0.29, 0.717) is 0 Å². The number of nitrogens with zero attached hydrogens (tertiary/aromatic N) is 3. The summed E-state index contributed by atoms with van der Waals surface area (Å²) in [5.74, 6) is -0.759. The number of carbonyl (C=O) groups is 1. The van der Waals surface area contributed by atoms with Crippen LogP contribution in [-0.4, -0.2) is 37.0 Å². The molecule has 0 aliphatic rings. The maximum atomic E-state index is 12.5. The van der Waals surface area contributed by atoms with Gasteiger partial charge in [0.2, 0.25) is 15.9 Å². The molecular formula is C17H18N4O7S. The molecule has 0 bridgehead atoms. The SMILES string of the molecule is Cc1c(NC(=O)CN(c2cccc([N+](=O)[O-])c2C)S(C)(=O)=O)cccc1[N+](=O)[O-]. The lowest BCUT2D eigenvalue weighted by atomic mass is 10.1. The summed E-state index contributed by atoms with van der Waals surface area (Å²) in [6.45, 7) is 2.17. The summed E-state index contributed by atoms with van der Waals surface area (Å²) in [6.07, 6.45) is 0.872. The Morgan fingerprint density at radius 2 is 1.52 bits per heavy atom. The van der Waals surface area contributed by atoms with Crippen LogP contribution < -0.4 is 9.62 Å². The number of sulfonamides is 1. The highest BCUT2D eigenvalue weighted by Gasteiger charge is 2.26. The summed E-state index contributed by atoms with van der Waals surface area (Å²) in [6, 6.07) is 8.02. The summed E-state index contributed by atoms with van der Waals surface area (Å²) in [5, 5.41) is 24.6. The van der Waals surface area contributed by atoms with Gasteiger partial charge in [0.25, 0.3) is 11.4 Å². The predicted octanol–water partition coefficient (Wildman–Crippen LogP) is 2.52. The van der Waals surface area contributed by atoms with Crippen LogP contribution in [0, 0.1) is 34.1 Å². The Morgan fingerprint density at radius 1 is 1.00 bits per heavy atom. The van der Waals surface area contributed by atoms with Crippen molar-refractivity contribution in [3.63, 3.8) is 0 Å². The fraction of sp³-hybridized carbons (Fsp3) is 0.235. The van der Waals surface area contributed by atoms with E-state index in [1.54, 1.807) is 0 Å². The number of benzene rings is 2. The number of amides is 1. The first kappa shape index (κ1) is 21.8. The summed E-state index contributed by atoms with van der Waals surface area (Å²) < 4.78 is 25.2. The molecule has 154 valence electrons. The number of nitro benzene ring substituents is 2. The van der Waals surface area contributed by atoms with Crippen molar-refractivity contribution >= 4 is 38.7 Å². The van der Waals surface area contributed by atoms with Gasteiger partial charge in [0.15, 0.2) is 0 Å². The van der Waals surface area contributed by atoms with Gasteiger partial charge < -0.3 is 5.32 Å². The molecule has 0 saturated carbocycles. The van der Waals surface area contributed by atoms with Gasteiger partial charge in [-0.05, 0) is 26.0 Å². The number of hydrogen-bond donors (Lipinski definition) is 1. The van der Waals surface area contributed by atoms with E-state index in [0.717, 1.165) is 10.6 Å². The van der Waals surface area contributed by atoms with Gasteiger partial charge in [-0.15, -0.1) is 0 Å². The molecular weight excluding hydrogens is 404 g/mol. The molecule has 0 heterocycles. The Balaban J connectivity index is 2.38. The van der Waals surface area contributed by atoms with Crippen LogP contribution >= 0.6 is 0 Å². The number of nitro groups is 2. The van der Waals surface area contributed by atoms with E-state index < -0.39 is 32.3 Å². The third kappa shape index (κ3) is 4.85. The molecule has 11 nitrogen and oxygen atoms in total. The third-order valence-electron chi connectivity index (χ3n) is 4.21. The van der Waals surface area contributed by atoms with E-state index in [-0.39, 0.29) is 33.9 Å². The Morgan fingerprint density at radius 3 is 2.03 bits per heavy atom. The molecule has 12 heteroatoms. The van der Waals surface area contributed by atoms with Crippen LogP contribution in [0.3, 0.4) is 0 Å². The zero-order valence-corrected chi connectivity index (χ0v) is 16.6. The van der Waals surface area contributed by atoms with Crippen molar-refractivity contribution in [2.75, 3.05) is 22.4 Å². The topological polar surface area (TPSA) is 153 Å². The van der Waals surface area contributed by atoms with Gasteiger partial charge in [-0.1, -0.05) is 12.1 Å². The summed E-state index contributed by atoms with van der Waals surface area (Å²) in [4.78, 5) is 33.4. The lowest BCUT2D eigenvalue weighted by molar-refractivity contribution is -0.385. The predicted molar refractivity (Wildman–Crippen MR) is 106 cm³/mol. The van der Waals surface area contributed by atoms with Gasteiger partial charge >= 0.3 is 0 Å². The number of anilines is 2. The van der Waals surface area contributed by atoms with Crippen molar-refractivity contribution in [1.82, 2.24) is 0 Å². The van der Waals surface area contributed by atoms with E-state index in [9.17, 15) is 33.4 Å². The lowest BCUT2D eigenvalue weighted by Crippen LogP contribution is -2.38. The second-order valence-electron chi connectivity index (χ2n) is 6.20. The molecule has 0 saturated heterocycles. The second-order valence-corrected chi connectivity index (χ2v) is 8.11. The van der Waals surface area contributed by atoms with Crippen molar-refractivity contribution in [1.29, 1.82) is 0 Å². The van der Waals surface area contributed by atoms with Crippen LogP contribution in [0.25, 0.3) is 0 Å². The standard InChI is InChI=1S/C17H18N4O7S/c1-11-13(6-4-8-15(11)20(23)24)18-17(22)10-19(29(3,27)28)14-7-5-9-16(12(14)2)21(25)26/h4-9H,10H2,1-3H3,(H,18,22). The molecule has 0 fully saturated rings. The van der Waals surface area contributed by atoms with Crippen molar-refractivity contribution in [3.8, 4) is 0 Å². The largest absolute Gasteiger partial charge is 0.324 e. The molecule has 0 aliphatic carbocycles. The first-order valence-corrected chi connectivity index (χ1v) is 10.0. The highest BCUT2D eigenvalue weighted by atomic mass is 32.2. The van der Waals surface area contributed by atoms with Gasteiger partial charge in [0.1, 0.15) is 6.54 Å². The lowest BCUT2D eigenvalue weighted by Gasteiger charge is -2.23. The molecule has 0 unspecified atom stereocenters. The van der Waals surface area contributed by atoms with Gasteiger partial charge in [-0.25, -0.2) is 8.42 Å². The van der Waals surface area contributed by atoms with Crippen LogP contribution in [-0.2, 0) is 14.8 Å². The maximum absolute atomic E-state index is 12.5. The van der Waals surface area contributed by atoms with Gasteiger partial charge in [-0.3, -0.25) is 29.3 Å². The molecule has 0 spiro atoms. The van der Waals surface area contributed by atoms with Gasteiger partial charge in [-0.2, -0.15) is 0 Å². The molecule has 2 rings (SSSR count). The zero-order chi connectivity index (χ0) is 21.9. The van der Waals surface area contributed by atoms with E-state index in [1.165, 1.54) is 50.2 Å². The molecule has 29 heavy (non-hydrogen) atoms. The zero-order valence-electron chi connectivity index (χ0n) is 15.8. The van der Waals surface area contributed by atoms with Crippen molar-refractivity contribution in [2.45, 2.75) is 13.8 Å². The number of carbonyl (C=O) groups excluding carboxylic acids is 1. The Labute approximate surface area is 166 Å². The highest BCUT2D eigenvalue weighted by Crippen LogP contribution is 2.30. The number of hydrogen-bond acceptors (Lipinski definition) is 7. The summed E-state index contributed by atoms with van der Waals surface area (Å²) in [7, 11) is -3.96. The van der Waals surface area contributed by atoms with Crippen molar-refractivity contribution in [2.24, 2.45) is 0 Å². The number of rotatable bonds is 7. The summed E-state index contributed by atoms with van der Waals surface area (Å²) >= 11 is 0. The molecule has 0 aliphatic heterocycles.